The minimum Gasteiger partial charge on any atom is -0.466 e. The van der Waals surface area contributed by atoms with E-state index < -0.39 is 0 Å². The summed E-state index contributed by atoms with van der Waals surface area (Å²) in [5.41, 5.74) is 1.88. The summed E-state index contributed by atoms with van der Waals surface area (Å²) in [6.07, 6.45) is 2.78. The largest absolute Gasteiger partial charge is 0.466 e. The highest BCUT2D eigenvalue weighted by Gasteiger charge is 2.59. The number of imide groups is 1. The lowest BCUT2D eigenvalue weighted by molar-refractivity contribution is -0.134. The van der Waals surface area contributed by atoms with Crippen LogP contribution in [0, 0.1) is 0 Å². The Morgan fingerprint density at radius 1 is 1.26 bits per heavy atom. The minimum absolute atomic E-state index is 0.0527. The summed E-state index contributed by atoms with van der Waals surface area (Å²) in [6.45, 7) is 6.53. The van der Waals surface area contributed by atoms with Crippen molar-refractivity contribution in [2.45, 2.75) is 63.6 Å². The highest BCUT2D eigenvalue weighted by Crippen LogP contribution is 2.56. The van der Waals surface area contributed by atoms with Crippen LogP contribution < -0.4 is 15.0 Å². The van der Waals surface area contributed by atoms with Crippen LogP contribution in [0.5, 0.6) is 5.75 Å². The van der Waals surface area contributed by atoms with E-state index in [9.17, 15) is 9.59 Å². The van der Waals surface area contributed by atoms with Crippen molar-refractivity contribution in [1.29, 1.82) is 0 Å². The minimum atomic E-state index is -0.374. The molecule has 1 N–H and O–H groups in total. The van der Waals surface area contributed by atoms with Gasteiger partial charge < -0.3 is 9.64 Å². The molecule has 5 heteroatoms. The van der Waals surface area contributed by atoms with Gasteiger partial charge in [-0.05, 0) is 29.5 Å². The number of nitrogens with one attached hydrogen (secondary N) is 1. The van der Waals surface area contributed by atoms with Gasteiger partial charge in [0, 0.05) is 19.3 Å². The van der Waals surface area contributed by atoms with Crippen LogP contribution in [0.2, 0.25) is 0 Å². The van der Waals surface area contributed by atoms with E-state index in [2.05, 4.69) is 49.2 Å². The Kier molecular flexibility index (Phi) is 2.84. The molecule has 1 aromatic carbocycles. The van der Waals surface area contributed by atoms with Crippen molar-refractivity contribution in [3.63, 3.8) is 0 Å². The fourth-order valence-corrected chi connectivity index (χ4v) is 3.57. The number of benzene rings is 1. The van der Waals surface area contributed by atoms with E-state index >= 15 is 0 Å². The molecule has 1 spiro atoms. The molecule has 2 fully saturated rings. The Balaban J connectivity index is 1.72. The normalized spacial score (nSPS) is 25.2. The van der Waals surface area contributed by atoms with Gasteiger partial charge in [-0.3, -0.25) is 14.9 Å². The number of nitrogens with zero attached hydrogens (tertiary/aromatic N) is 1. The Morgan fingerprint density at radius 3 is 2.61 bits per heavy atom. The van der Waals surface area contributed by atoms with Crippen molar-refractivity contribution in [2.75, 3.05) is 4.90 Å². The Labute approximate surface area is 136 Å². The van der Waals surface area contributed by atoms with Crippen LogP contribution in [0.4, 0.5) is 5.69 Å². The van der Waals surface area contributed by atoms with Gasteiger partial charge in [0.2, 0.25) is 11.8 Å². The fourth-order valence-electron chi connectivity index (χ4n) is 3.57. The number of carbonyl (C=O) groups excluding carboxylic acids is 2. The zero-order valence-electron chi connectivity index (χ0n) is 13.8. The van der Waals surface area contributed by atoms with Gasteiger partial charge in [0.1, 0.15) is 11.8 Å². The smallest absolute Gasteiger partial charge is 0.249 e. The van der Waals surface area contributed by atoms with Gasteiger partial charge in [0.25, 0.3) is 0 Å². The van der Waals surface area contributed by atoms with Crippen molar-refractivity contribution in [3.8, 4) is 5.75 Å². The average Bonchev–Trinajstić information content (AvgIpc) is 3.13. The summed E-state index contributed by atoms with van der Waals surface area (Å²) < 4.78 is 6.24. The van der Waals surface area contributed by atoms with Crippen molar-refractivity contribution in [1.82, 2.24) is 5.32 Å². The van der Waals surface area contributed by atoms with Crippen LogP contribution in [0.3, 0.4) is 0 Å². The summed E-state index contributed by atoms with van der Waals surface area (Å²) in [4.78, 5) is 25.9. The van der Waals surface area contributed by atoms with Crippen molar-refractivity contribution >= 4 is 17.5 Å². The molecule has 0 bridgehead atoms. The number of fused-ring (bicyclic) bond motifs is 1. The van der Waals surface area contributed by atoms with E-state index in [1.807, 2.05) is 0 Å². The van der Waals surface area contributed by atoms with Crippen LogP contribution >= 0.6 is 0 Å². The van der Waals surface area contributed by atoms with E-state index in [0.29, 0.717) is 12.8 Å². The number of carbonyl (C=O) groups is 2. The Bertz CT molecular complexity index is 701. The molecule has 0 aromatic heterocycles. The predicted octanol–water partition coefficient (Wildman–Crippen LogP) is 2.48. The molecule has 5 nitrogen and oxygen atoms in total. The first-order valence-electron chi connectivity index (χ1n) is 8.27. The van der Waals surface area contributed by atoms with Crippen LogP contribution in [-0.4, -0.2) is 23.6 Å². The molecule has 2 amide bonds. The molecule has 2 aliphatic heterocycles. The molecule has 1 aromatic rings. The van der Waals surface area contributed by atoms with E-state index in [0.717, 1.165) is 24.3 Å². The quantitative estimate of drug-likeness (QED) is 0.809. The maximum absolute atomic E-state index is 12.3. The predicted molar refractivity (Wildman–Crippen MR) is 86.4 cm³/mol. The summed E-state index contributed by atoms with van der Waals surface area (Å²) in [6, 6.07) is 5.95. The molecule has 2 heterocycles. The SMILES string of the molecule is CC(C)(C)c1ccc2c(c1)OC1(CC1)N2C1CCC(=O)NC1=O. The lowest BCUT2D eigenvalue weighted by atomic mass is 9.87. The van der Waals surface area contributed by atoms with Crippen LogP contribution in [0.25, 0.3) is 0 Å². The number of rotatable bonds is 1. The number of anilines is 1. The number of ether oxygens (including phenoxy) is 1. The second-order valence-electron chi connectivity index (χ2n) is 7.82. The lowest BCUT2D eigenvalue weighted by Gasteiger charge is -2.34. The van der Waals surface area contributed by atoms with Crippen molar-refractivity contribution in [2.24, 2.45) is 0 Å². The van der Waals surface area contributed by atoms with Crippen molar-refractivity contribution in [3.05, 3.63) is 23.8 Å². The lowest BCUT2D eigenvalue weighted by Crippen LogP contribution is -2.56. The second-order valence-corrected chi connectivity index (χ2v) is 7.82. The van der Waals surface area contributed by atoms with E-state index in [1.165, 1.54) is 5.56 Å². The summed E-state index contributed by atoms with van der Waals surface area (Å²) in [5.74, 6) is 0.475. The average molecular weight is 314 g/mol. The van der Waals surface area contributed by atoms with E-state index in [4.69, 9.17) is 4.74 Å². The number of hydrogen-bond acceptors (Lipinski definition) is 4. The molecule has 1 saturated heterocycles. The molecule has 1 aliphatic carbocycles. The van der Waals surface area contributed by atoms with Gasteiger partial charge in [0.05, 0.1) is 5.69 Å². The van der Waals surface area contributed by atoms with E-state index in [-0.39, 0.29) is 29.0 Å². The topological polar surface area (TPSA) is 58.6 Å². The molecular formula is C18H22N2O3. The van der Waals surface area contributed by atoms with Gasteiger partial charge >= 0.3 is 0 Å². The Morgan fingerprint density at radius 2 is 2.00 bits per heavy atom. The fraction of sp³-hybridized carbons (Fsp3) is 0.556. The van der Waals surface area contributed by atoms with Crippen LogP contribution in [0.1, 0.15) is 52.0 Å². The molecule has 23 heavy (non-hydrogen) atoms. The first kappa shape index (κ1) is 14.5. The van der Waals surface area contributed by atoms with Crippen LogP contribution in [0.15, 0.2) is 18.2 Å². The molecule has 1 atom stereocenters. The molecule has 4 rings (SSSR count). The molecule has 0 radical (unpaired) electrons. The molecule has 1 saturated carbocycles. The molecule has 1 unspecified atom stereocenters. The monoisotopic (exact) mass is 314 g/mol. The molecule has 122 valence electrons. The molecule has 3 aliphatic rings. The number of piperidine rings is 1. The third-order valence-electron chi connectivity index (χ3n) is 5.02. The summed E-state index contributed by atoms with van der Waals surface area (Å²) in [5, 5.41) is 2.46. The first-order chi connectivity index (χ1) is 10.8. The maximum Gasteiger partial charge on any atom is 0.249 e. The van der Waals surface area contributed by atoms with E-state index in [1.54, 1.807) is 0 Å². The maximum atomic E-state index is 12.3. The number of amides is 2. The summed E-state index contributed by atoms with van der Waals surface area (Å²) in [7, 11) is 0. The van der Waals surface area contributed by atoms with Gasteiger partial charge in [-0.25, -0.2) is 0 Å². The highest BCUT2D eigenvalue weighted by atomic mass is 16.5. The van der Waals surface area contributed by atoms with Gasteiger partial charge in [-0.1, -0.05) is 26.8 Å². The van der Waals surface area contributed by atoms with Gasteiger partial charge in [-0.2, -0.15) is 0 Å². The van der Waals surface area contributed by atoms with Gasteiger partial charge in [0.15, 0.2) is 5.72 Å². The van der Waals surface area contributed by atoms with Gasteiger partial charge in [-0.15, -0.1) is 0 Å². The number of hydrogen-bond donors (Lipinski definition) is 1. The second kappa shape index (κ2) is 4.49. The third-order valence-corrected chi connectivity index (χ3v) is 5.02. The standard InChI is InChI=1S/C18H22N2O3/c1-17(2,3)11-4-5-12-14(10-11)23-18(8-9-18)20(12)13-6-7-15(21)19-16(13)22/h4-5,10,13H,6-9H2,1-3H3,(H,19,21,22). The zero-order chi connectivity index (χ0) is 16.4. The molecular weight excluding hydrogens is 292 g/mol. The van der Waals surface area contributed by atoms with Crippen LogP contribution in [-0.2, 0) is 15.0 Å². The Hall–Kier alpha value is -2.04. The summed E-state index contributed by atoms with van der Waals surface area (Å²) >= 11 is 0. The third kappa shape index (κ3) is 2.21. The first-order valence-corrected chi connectivity index (χ1v) is 8.27. The highest BCUT2D eigenvalue weighted by molar-refractivity contribution is 6.02. The zero-order valence-corrected chi connectivity index (χ0v) is 13.8. The van der Waals surface area contributed by atoms with Crippen molar-refractivity contribution < 1.29 is 14.3 Å².